The van der Waals surface area contributed by atoms with Crippen LogP contribution >= 0.6 is 0 Å². The lowest BCUT2D eigenvalue weighted by Crippen LogP contribution is -2.64. The first-order chi connectivity index (χ1) is 21.1. The topological polar surface area (TPSA) is 149 Å². The number of aliphatic carboxylic acids is 1. The highest BCUT2D eigenvalue weighted by Gasteiger charge is 2.52. The normalized spacial score (nSPS) is 16.0. The van der Waals surface area contributed by atoms with E-state index in [0.29, 0.717) is 11.3 Å². The first kappa shape index (κ1) is 33.4. The van der Waals surface area contributed by atoms with Crippen LogP contribution in [0.3, 0.4) is 0 Å². The predicted molar refractivity (Wildman–Crippen MR) is 160 cm³/mol. The smallest absolute Gasteiger partial charge is 0.410 e. The van der Waals surface area contributed by atoms with Gasteiger partial charge in [-0.05, 0) is 68.3 Å². The average Bonchev–Trinajstić information content (AvgIpc) is 2.95. The second kappa shape index (κ2) is 13.2. The molecule has 0 radical (unpaired) electrons. The summed E-state index contributed by atoms with van der Waals surface area (Å²) < 4.78 is 58.2. The van der Waals surface area contributed by atoms with Crippen molar-refractivity contribution in [2.24, 2.45) is 5.41 Å². The molecule has 1 fully saturated rings. The quantitative estimate of drug-likeness (QED) is 0.228. The van der Waals surface area contributed by atoms with E-state index in [4.69, 9.17) is 14.2 Å². The number of carbonyl (C=O) groups excluding carboxylic acids is 2. The molecule has 0 spiro atoms. The molecule has 2 atom stereocenters. The van der Waals surface area contributed by atoms with Gasteiger partial charge in [-0.1, -0.05) is 42.5 Å². The summed E-state index contributed by atoms with van der Waals surface area (Å²) in [6, 6.07) is 18.9. The fourth-order valence-electron chi connectivity index (χ4n) is 4.57. The number of alkyl carbamates (subject to hydrolysis) is 1. The molecule has 13 heteroatoms. The van der Waals surface area contributed by atoms with Crippen molar-refractivity contribution in [2.75, 3.05) is 13.1 Å². The third-order valence-corrected chi connectivity index (χ3v) is 8.80. The van der Waals surface area contributed by atoms with E-state index in [-0.39, 0.29) is 24.4 Å². The Morgan fingerprint density at radius 3 is 2.22 bits per heavy atom. The molecular formula is C32H35FN2O9S. The molecule has 1 amide bonds. The van der Waals surface area contributed by atoms with Crippen molar-refractivity contribution in [3.8, 4) is 5.75 Å². The third-order valence-electron chi connectivity index (χ3n) is 7.01. The van der Waals surface area contributed by atoms with Gasteiger partial charge in [-0.2, -0.15) is 4.31 Å². The number of hydrogen-bond donors (Lipinski definition) is 2. The van der Waals surface area contributed by atoms with Crippen LogP contribution in [0.4, 0.5) is 9.18 Å². The highest BCUT2D eigenvalue weighted by molar-refractivity contribution is 7.89. The van der Waals surface area contributed by atoms with Crippen molar-refractivity contribution < 1.29 is 46.5 Å². The van der Waals surface area contributed by atoms with E-state index >= 15 is 0 Å². The van der Waals surface area contributed by atoms with Gasteiger partial charge in [0.2, 0.25) is 16.3 Å². The minimum Gasteiger partial charge on any atom is -0.480 e. The standard InChI is InChI=1S/C32H35FN2O9S/c1-21(42-29(38)31(2,3)4)43-30(39)34-27(28(36)37)18-22-9-8-12-26(17-22)45(40,41)35-19-32(20-35,23-10-6-5-7-11-23)44-25-15-13-24(33)14-16-25/h5-17,21,27H,18-20H2,1-4H3,(H,34,39)(H,36,37)/t21?,27-/m0/s1. The SMILES string of the molecule is CC(OC(=O)N[C@@H](Cc1cccc(S(=O)(=O)N2CC(Oc3ccc(F)cc3)(c3ccccc3)C2)c1)C(=O)O)OC(=O)C(C)(C)C. The Morgan fingerprint density at radius 1 is 0.978 bits per heavy atom. The molecule has 1 aliphatic heterocycles. The van der Waals surface area contributed by atoms with E-state index in [1.165, 1.54) is 59.8 Å². The van der Waals surface area contributed by atoms with Crippen LogP contribution in [0.15, 0.2) is 83.8 Å². The maximum Gasteiger partial charge on any atom is 0.410 e. The molecule has 1 heterocycles. The Morgan fingerprint density at radius 2 is 1.62 bits per heavy atom. The number of hydrogen-bond acceptors (Lipinski definition) is 8. The van der Waals surface area contributed by atoms with Crippen molar-refractivity contribution in [2.45, 2.75) is 56.9 Å². The summed E-state index contributed by atoms with van der Waals surface area (Å²) in [5.41, 5.74) is -0.772. The Hall–Kier alpha value is -4.49. The summed E-state index contributed by atoms with van der Waals surface area (Å²) in [4.78, 5) is 36.2. The Kier molecular flexibility index (Phi) is 9.83. The molecule has 45 heavy (non-hydrogen) atoms. The molecular weight excluding hydrogens is 607 g/mol. The number of carbonyl (C=O) groups is 3. The Labute approximate surface area is 261 Å². The molecule has 1 unspecified atom stereocenters. The van der Waals surface area contributed by atoms with Crippen LogP contribution < -0.4 is 10.1 Å². The molecule has 11 nitrogen and oxygen atoms in total. The summed E-state index contributed by atoms with van der Waals surface area (Å²) in [7, 11) is -4.04. The molecule has 0 bridgehead atoms. The number of benzene rings is 3. The van der Waals surface area contributed by atoms with E-state index in [1.54, 1.807) is 20.8 Å². The molecule has 1 aliphatic rings. The zero-order valence-electron chi connectivity index (χ0n) is 25.2. The molecule has 0 aliphatic carbocycles. The molecule has 2 N–H and O–H groups in total. The zero-order valence-corrected chi connectivity index (χ0v) is 26.0. The Bertz CT molecular complexity index is 1640. The van der Waals surface area contributed by atoms with Gasteiger partial charge < -0.3 is 24.6 Å². The van der Waals surface area contributed by atoms with Gasteiger partial charge in [-0.15, -0.1) is 0 Å². The highest BCUT2D eigenvalue weighted by atomic mass is 32.2. The fourth-order valence-corrected chi connectivity index (χ4v) is 6.17. The summed E-state index contributed by atoms with van der Waals surface area (Å²) in [5.74, 6) is -2.04. The van der Waals surface area contributed by atoms with Crippen LogP contribution in [0.1, 0.15) is 38.8 Å². The van der Waals surface area contributed by atoms with E-state index < -0.39 is 57.2 Å². The molecule has 1 saturated heterocycles. The van der Waals surface area contributed by atoms with Gasteiger partial charge in [-0.25, -0.2) is 22.4 Å². The number of amides is 1. The van der Waals surface area contributed by atoms with E-state index in [1.807, 2.05) is 30.3 Å². The van der Waals surface area contributed by atoms with Crippen molar-refractivity contribution in [1.82, 2.24) is 9.62 Å². The highest BCUT2D eigenvalue weighted by Crippen LogP contribution is 2.40. The number of halogens is 1. The molecule has 0 saturated carbocycles. The average molecular weight is 643 g/mol. The van der Waals surface area contributed by atoms with Gasteiger partial charge in [0, 0.05) is 13.3 Å². The van der Waals surface area contributed by atoms with Crippen LogP contribution in [-0.4, -0.2) is 61.3 Å². The summed E-state index contributed by atoms with van der Waals surface area (Å²) in [6.07, 6.45) is -2.66. The van der Waals surface area contributed by atoms with Crippen LogP contribution in [0.25, 0.3) is 0 Å². The summed E-state index contributed by atoms with van der Waals surface area (Å²) in [6.45, 7) is 6.15. The first-order valence-electron chi connectivity index (χ1n) is 14.1. The zero-order chi connectivity index (χ0) is 33.0. The van der Waals surface area contributed by atoms with Crippen LogP contribution in [0.2, 0.25) is 0 Å². The van der Waals surface area contributed by atoms with E-state index in [0.717, 1.165) is 5.56 Å². The molecule has 4 rings (SSSR count). The maximum absolute atomic E-state index is 13.6. The van der Waals surface area contributed by atoms with Gasteiger partial charge in [0.25, 0.3) is 0 Å². The van der Waals surface area contributed by atoms with Gasteiger partial charge in [0.1, 0.15) is 17.6 Å². The lowest BCUT2D eigenvalue weighted by molar-refractivity contribution is -0.174. The van der Waals surface area contributed by atoms with Gasteiger partial charge in [-0.3, -0.25) is 4.79 Å². The number of sulfonamides is 1. The van der Waals surface area contributed by atoms with Crippen molar-refractivity contribution in [3.05, 3.63) is 95.8 Å². The van der Waals surface area contributed by atoms with Gasteiger partial charge in [0.05, 0.1) is 23.4 Å². The molecule has 3 aromatic carbocycles. The van der Waals surface area contributed by atoms with Crippen LogP contribution in [0, 0.1) is 11.2 Å². The third kappa shape index (κ3) is 8.17. The lowest BCUT2D eigenvalue weighted by Gasteiger charge is -2.48. The second-order valence-electron chi connectivity index (χ2n) is 11.7. The van der Waals surface area contributed by atoms with Crippen LogP contribution in [-0.2, 0) is 41.1 Å². The maximum atomic E-state index is 13.6. The minimum atomic E-state index is -4.04. The number of nitrogens with one attached hydrogen (secondary N) is 1. The lowest BCUT2D eigenvalue weighted by atomic mass is 9.87. The number of carboxylic acid groups (broad SMARTS) is 1. The molecule has 0 aromatic heterocycles. The summed E-state index contributed by atoms with van der Waals surface area (Å²) in [5, 5.41) is 11.9. The predicted octanol–water partition coefficient (Wildman–Crippen LogP) is 4.46. The fraction of sp³-hybridized carbons (Fsp3) is 0.344. The monoisotopic (exact) mass is 642 g/mol. The van der Waals surface area contributed by atoms with Crippen molar-refractivity contribution >= 4 is 28.1 Å². The Balaban J connectivity index is 1.45. The van der Waals surface area contributed by atoms with E-state index in [2.05, 4.69) is 5.32 Å². The first-order valence-corrected chi connectivity index (χ1v) is 15.5. The number of nitrogens with zero attached hydrogens (tertiary/aromatic N) is 1. The number of ether oxygens (including phenoxy) is 3. The number of esters is 1. The molecule has 240 valence electrons. The second-order valence-corrected chi connectivity index (χ2v) is 13.6. The van der Waals surface area contributed by atoms with Gasteiger partial charge in [0.15, 0.2) is 5.60 Å². The number of carboxylic acids is 1. The van der Waals surface area contributed by atoms with Gasteiger partial charge >= 0.3 is 18.0 Å². The largest absolute Gasteiger partial charge is 0.480 e. The minimum absolute atomic E-state index is 0.0237. The van der Waals surface area contributed by atoms with E-state index in [9.17, 15) is 32.3 Å². The van der Waals surface area contributed by atoms with Crippen LogP contribution in [0.5, 0.6) is 5.75 Å². The summed E-state index contributed by atoms with van der Waals surface area (Å²) >= 11 is 0. The van der Waals surface area contributed by atoms with Crippen molar-refractivity contribution in [3.63, 3.8) is 0 Å². The van der Waals surface area contributed by atoms with Crippen molar-refractivity contribution in [1.29, 1.82) is 0 Å². The number of rotatable bonds is 11. The molecule has 3 aromatic rings.